The fourth-order valence-corrected chi connectivity index (χ4v) is 5.17. The topological polar surface area (TPSA) is 57.7 Å². The van der Waals surface area contributed by atoms with Crippen LogP contribution in [0.1, 0.15) is 57.0 Å². The molecule has 0 saturated carbocycles. The van der Waals surface area contributed by atoms with Crippen LogP contribution in [0.5, 0.6) is 0 Å². The maximum atomic E-state index is 12.7. The number of benzene rings is 1. The van der Waals surface area contributed by atoms with E-state index in [0.29, 0.717) is 24.0 Å². The molecule has 0 saturated heterocycles. The fourth-order valence-electron chi connectivity index (χ4n) is 3.85. The third-order valence-corrected chi connectivity index (χ3v) is 6.79. The summed E-state index contributed by atoms with van der Waals surface area (Å²) in [6.45, 7) is 3.06. The molecule has 4 rings (SSSR count). The van der Waals surface area contributed by atoms with Gasteiger partial charge in [-0.2, -0.15) is 0 Å². The van der Waals surface area contributed by atoms with Crippen LogP contribution < -0.4 is 0 Å². The van der Waals surface area contributed by atoms with Gasteiger partial charge in [0.05, 0.1) is 17.2 Å². The number of carbonyl (C=O) groups excluding carboxylic acids is 3. The van der Waals surface area contributed by atoms with Gasteiger partial charge in [0, 0.05) is 28.9 Å². The Morgan fingerprint density at radius 2 is 2.00 bits per heavy atom. The first-order valence-corrected chi connectivity index (χ1v) is 10.7. The van der Waals surface area contributed by atoms with Gasteiger partial charge in [0.15, 0.2) is 0 Å². The zero-order valence-electron chi connectivity index (χ0n) is 14.9. The van der Waals surface area contributed by atoms with Crippen LogP contribution in [0.15, 0.2) is 34.1 Å². The van der Waals surface area contributed by atoms with E-state index in [1.165, 1.54) is 15.3 Å². The zero-order valence-corrected chi connectivity index (χ0v) is 17.3. The second-order valence-electron chi connectivity index (χ2n) is 6.87. The summed E-state index contributed by atoms with van der Waals surface area (Å²) < 4.78 is 0.770. The first-order valence-electron chi connectivity index (χ1n) is 8.99. The maximum Gasteiger partial charge on any atom is 0.261 e. The Morgan fingerprint density at radius 1 is 1.22 bits per heavy atom. The molecule has 140 valence electrons. The van der Waals surface area contributed by atoms with Crippen molar-refractivity contribution in [3.8, 4) is 0 Å². The van der Waals surface area contributed by atoms with E-state index in [0.717, 1.165) is 17.4 Å². The standard InChI is InChI=1S/C20H19BrN2O3S/c1-12-14-7-10-27-17(14)6-9-22(12)18(24)3-2-8-23-19(25)15-5-4-13(21)11-16(15)20(23)26/h4-5,7,10-12H,2-3,6,8-9H2,1H3. The lowest BCUT2D eigenvalue weighted by molar-refractivity contribution is -0.133. The third kappa shape index (κ3) is 3.23. The number of fused-ring (bicyclic) bond motifs is 2. The lowest BCUT2D eigenvalue weighted by Crippen LogP contribution is -2.38. The van der Waals surface area contributed by atoms with Crippen LogP contribution in [0.4, 0.5) is 0 Å². The van der Waals surface area contributed by atoms with Crippen LogP contribution in [-0.2, 0) is 11.2 Å². The number of halogens is 1. The van der Waals surface area contributed by atoms with Crippen molar-refractivity contribution in [1.29, 1.82) is 0 Å². The maximum absolute atomic E-state index is 12.7. The predicted molar refractivity (Wildman–Crippen MR) is 107 cm³/mol. The molecule has 7 heteroatoms. The highest BCUT2D eigenvalue weighted by Gasteiger charge is 2.35. The average molecular weight is 447 g/mol. The zero-order chi connectivity index (χ0) is 19.1. The molecule has 0 aliphatic carbocycles. The third-order valence-electron chi connectivity index (χ3n) is 5.30. The fraction of sp³-hybridized carbons (Fsp3) is 0.350. The summed E-state index contributed by atoms with van der Waals surface area (Å²) in [6.07, 6.45) is 1.71. The molecule has 1 unspecified atom stereocenters. The summed E-state index contributed by atoms with van der Waals surface area (Å²) >= 11 is 5.08. The minimum Gasteiger partial charge on any atom is -0.336 e. The minimum absolute atomic E-state index is 0.0821. The summed E-state index contributed by atoms with van der Waals surface area (Å²) in [5.41, 5.74) is 2.10. The number of carbonyl (C=O) groups is 3. The molecule has 0 radical (unpaired) electrons. The van der Waals surface area contributed by atoms with Crippen molar-refractivity contribution in [2.24, 2.45) is 0 Å². The van der Waals surface area contributed by atoms with E-state index in [1.54, 1.807) is 29.5 Å². The number of nitrogens with zero attached hydrogens (tertiary/aromatic N) is 2. The number of thiophene rings is 1. The van der Waals surface area contributed by atoms with Gasteiger partial charge in [-0.3, -0.25) is 19.3 Å². The van der Waals surface area contributed by atoms with Crippen LogP contribution in [0.3, 0.4) is 0 Å². The van der Waals surface area contributed by atoms with Crippen molar-refractivity contribution in [2.45, 2.75) is 32.2 Å². The van der Waals surface area contributed by atoms with Gasteiger partial charge in [-0.25, -0.2) is 0 Å². The van der Waals surface area contributed by atoms with Crippen LogP contribution >= 0.6 is 27.3 Å². The Kier molecular flexibility index (Phi) is 4.90. The molecule has 0 fully saturated rings. The molecule has 1 aromatic heterocycles. The van der Waals surface area contributed by atoms with Gasteiger partial charge in [0.1, 0.15) is 0 Å². The van der Waals surface area contributed by atoms with E-state index >= 15 is 0 Å². The quantitative estimate of drug-likeness (QED) is 0.665. The molecule has 3 amide bonds. The molecule has 1 aromatic carbocycles. The van der Waals surface area contributed by atoms with E-state index in [4.69, 9.17) is 0 Å². The van der Waals surface area contributed by atoms with Crippen molar-refractivity contribution in [1.82, 2.24) is 9.80 Å². The monoisotopic (exact) mass is 446 g/mol. The van der Waals surface area contributed by atoms with Crippen molar-refractivity contribution in [3.63, 3.8) is 0 Å². The van der Waals surface area contributed by atoms with Crippen LogP contribution in [0, 0.1) is 0 Å². The number of rotatable bonds is 4. The highest BCUT2D eigenvalue weighted by atomic mass is 79.9. The van der Waals surface area contributed by atoms with Crippen LogP contribution in [-0.4, -0.2) is 40.6 Å². The molecule has 0 N–H and O–H groups in total. The number of imide groups is 1. The average Bonchev–Trinajstić information content (AvgIpc) is 3.21. The van der Waals surface area contributed by atoms with Gasteiger partial charge in [-0.15, -0.1) is 11.3 Å². The predicted octanol–water partition coefficient (Wildman–Crippen LogP) is 4.03. The summed E-state index contributed by atoms with van der Waals surface area (Å²) in [7, 11) is 0. The van der Waals surface area contributed by atoms with E-state index in [9.17, 15) is 14.4 Å². The van der Waals surface area contributed by atoms with Gasteiger partial charge in [-0.05, 0) is 55.0 Å². The highest BCUT2D eigenvalue weighted by Crippen LogP contribution is 2.33. The molecule has 27 heavy (non-hydrogen) atoms. The molecule has 1 atom stereocenters. The van der Waals surface area contributed by atoms with Crippen molar-refractivity contribution in [2.75, 3.05) is 13.1 Å². The highest BCUT2D eigenvalue weighted by molar-refractivity contribution is 9.10. The van der Waals surface area contributed by atoms with Gasteiger partial charge < -0.3 is 4.90 Å². The van der Waals surface area contributed by atoms with Crippen molar-refractivity contribution >= 4 is 45.0 Å². The summed E-state index contributed by atoms with van der Waals surface area (Å²) in [5.74, 6) is -0.471. The van der Waals surface area contributed by atoms with Gasteiger partial charge in [0.2, 0.25) is 5.91 Å². The second kappa shape index (κ2) is 7.20. The first kappa shape index (κ1) is 18.4. The largest absolute Gasteiger partial charge is 0.336 e. The van der Waals surface area contributed by atoms with Crippen molar-refractivity contribution in [3.05, 3.63) is 55.7 Å². The van der Waals surface area contributed by atoms with Crippen molar-refractivity contribution < 1.29 is 14.4 Å². The van der Waals surface area contributed by atoms with E-state index in [2.05, 4.69) is 34.3 Å². The summed E-state index contributed by atoms with van der Waals surface area (Å²) in [6, 6.07) is 7.28. The Morgan fingerprint density at radius 3 is 2.81 bits per heavy atom. The van der Waals surface area contributed by atoms with E-state index in [1.807, 2.05) is 4.90 Å². The van der Waals surface area contributed by atoms with Gasteiger partial charge in [0.25, 0.3) is 11.8 Å². The summed E-state index contributed by atoms with van der Waals surface area (Å²) in [5, 5.41) is 2.08. The van der Waals surface area contributed by atoms with Gasteiger partial charge >= 0.3 is 0 Å². The molecule has 2 aliphatic rings. The van der Waals surface area contributed by atoms with Crippen LogP contribution in [0.2, 0.25) is 0 Å². The molecule has 2 aliphatic heterocycles. The SMILES string of the molecule is CC1c2ccsc2CCN1C(=O)CCCN1C(=O)c2ccc(Br)cc2C1=O. The Balaban J connectivity index is 1.36. The van der Waals surface area contributed by atoms with E-state index < -0.39 is 0 Å². The number of hydrogen-bond acceptors (Lipinski definition) is 4. The molecular weight excluding hydrogens is 428 g/mol. The number of hydrogen-bond donors (Lipinski definition) is 0. The van der Waals surface area contributed by atoms with Crippen LogP contribution in [0.25, 0.3) is 0 Å². The second-order valence-corrected chi connectivity index (χ2v) is 8.78. The minimum atomic E-state index is -0.280. The number of amides is 3. The Bertz CT molecular complexity index is 939. The molecular formula is C20H19BrN2O3S. The molecule has 0 spiro atoms. The van der Waals surface area contributed by atoms with Gasteiger partial charge in [-0.1, -0.05) is 15.9 Å². The smallest absolute Gasteiger partial charge is 0.261 e. The molecule has 0 bridgehead atoms. The lowest BCUT2D eigenvalue weighted by atomic mass is 10.0. The Labute approximate surface area is 170 Å². The molecule has 2 aromatic rings. The normalized spacial score (nSPS) is 18.7. The first-order chi connectivity index (χ1) is 13.0. The molecule has 3 heterocycles. The van der Waals surface area contributed by atoms with E-state index in [-0.39, 0.29) is 30.3 Å². The summed E-state index contributed by atoms with van der Waals surface area (Å²) in [4.78, 5) is 42.1. The molecule has 5 nitrogen and oxygen atoms in total. The lowest BCUT2D eigenvalue weighted by Gasteiger charge is -2.34. The Hall–Kier alpha value is -1.99.